The van der Waals surface area contributed by atoms with Crippen LogP contribution in [0.1, 0.15) is 75.2 Å². The molecule has 0 unspecified atom stereocenters. The van der Waals surface area contributed by atoms with E-state index in [0.29, 0.717) is 18.0 Å². The molecule has 1 amide bonds. The first-order valence-electron chi connectivity index (χ1n) is 11.3. The average Bonchev–Trinajstić information content (AvgIpc) is 3.35. The number of hydrogen-bond donors (Lipinski definition) is 2. The molecule has 10 heteroatoms. The van der Waals surface area contributed by atoms with Crippen molar-refractivity contribution in [1.29, 1.82) is 0 Å². The summed E-state index contributed by atoms with van der Waals surface area (Å²) in [5.41, 5.74) is 4.51. The highest BCUT2D eigenvalue weighted by atomic mass is 32.1. The Hall–Kier alpha value is -2.17. The van der Waals surface area contributed by atoms with Gasteiger partial charge in [-0.1, -0.05) is 20.8 Å². The Balaban J connectivity index is 2.05. The molecule has 2 aromatic rings. The molecule has 0 spiro atoms. The van der Waals surface area contributed by atoms with Gasteiger partial charge in [-0.2, -0.15) is 18.2 Å². The van der Waals surface area contributed by atoms with Crippen LogP contribution in [0.5, 0.6) is 0 Å². The van der Waals surface area contributed by atoms with Crippen molar-refractivity contribution in [3.8, 4) is 0 Å². The van der Waals surface area contributed by atoms with Gasteiger partial charge in [0, 0.05) is 23.2 Å². The number of amides is 1. The number of carbonyl (C=O) groups excluding carboxylic acids is 1. The lowest BCUT2D eigenvalue weighted by Crippen LogP contribution is -2.40. The van der Waals surface area contributed by atoms with E-state index in [1.165, 1.54) is 17.4 Å². The average molecular weight is 499 g/mol. The van der Waals surface area contributed by atoms with Gasteiger partial charge >= 0.3 is 6.18 Å². The zero-order valence-electron chi connectivity index (χ0n) is 20.5. The maximum atomic E-state index is 13.4. The van der Waals surface area contributed by atoms with Crippen LogP contribution in [0, 0.1) is 0 Å². The zero-order valence-corrected chi connectivity index (χ0v) is 21.3. The lowest BCUT2D eigenvalue weighted by Gasteiger charge is -2.23. The normalized spacial score (nSPS) is 17.9. The number of carbonyl (C=O) groups is 1. The number of nitrogens with one attached hydrogen (secondary N) is 2. The predicted molar refractivity (Wildman–Crippen MR) is 128 cm³/mol. The van der Waals surface area contributed by atoms with E-state index >= 15 is 0 Å². The molecule has 2 heterocycles. The Kier molecular flexibility index (Phi) is 7.64. The Bertz CT molecular complexity index is 1090. The van der Waals surface area contributed by atoms with Gasteiger partial charge in [-0.25, -0.2) is 5.43 Å². The minimum Gasteiger partial charge on any atom is -0.376 e. The van der Waals surface area contributed by atoms with Crippen molar-refractivity contribution in [2.75, 3.05) is 12.0 Å². The van der Waals surface area contributed by atoms with Crippen molar-refractivity contribution < 1.29 is 22.7 Å². The number of thiazole rings is 1. The molecule has 1 aliphatic rings. The number of halogens is 3. The van der Waals surface area contributed by atoms with Gasteiger partial charge in [0.25, 0.3) is 5.91 Å². The number of aromatic nitrogens is 1. The first kappa shape index (κ1) is 26.4. The number of alkyl halides is 3. The van der Waals surface area contributed by atoms with E-state index in [9.17, 15) is 18.0 Å². The molecule has 3 rings (SSSR count). The summed E-state index contributed by atoms with van der Waals surface area (Å²) in [4.78, 5) is 19.0. The quantitative estimate of drug-likeness (QED) is 0.534. The second-order valence-electron chi connectivity index (χ2n) is 10.6. The van der Waals surface area contributed by atoms with Gasteiger partial charge in [-0.3, -0.25) is 4.79 Å². The minimum absolute atomic E-state index is 0.0261. The summed E-state index contributed by atoms with van der Waals surface area (Å²) in [6, 6.07) is 3.05. The number of hydrazine groups is 1. The fourth-order valence-electron chi connectivity index (χ4n) is 3.36. The lowest BCUT2D eigenvalue weighted by atomic mass is 9.95. The molecular formula is C24H33F3N4O2S. The van der Waals surface area contributed by atoms with E-state index in [1.807, 2.05) is 31.5 Å². The molecule has 1 atom stereocenters. The van der Waals surface area contributed by atoms with Gasteiger partial charge in [0.05, 0.1) is 29.5 Å². The van der Waals surface area contributed by atoms with Gasteiger partial charge in [-0.05, 0) is 57.2 Å². The maximum absolute atomic E-state index is 13.4. The monoisotopic (exact) mass is 498 g/mol. The van der Waals surface area contributed by atoms with Gasteiger partial charge in [0.2, 0.25) is 0 Å². The van der Waals surface area contributed by atoms with Crippen molar-refractivity contribution >= 4 is 22.9 Å². The predicted octanol–water partition coefficient (Wildman–Crippen LogP) is 5.50. The molecule has 0 bridgehead atoms. The summed E-state index contributed by atoms with van der Waals surface area (Å²) in [5, 5.41) is 0. The Morgan fingerprint density at radius 1 is 1.21 bits per heavy atom. The van der Waals surface area contributed by atoms with Gasteiger partial charge in [0.1, 0.15) is 0 Å². The highest BCUT2D eigenvalue weighted by Gasteiger charge is 2.32. The minimum atomic E-state index is -4.58. The smallest absolute Gasteiger partial charge is 0.376 e. The van der Waals surface area contributed by atoms with E-state index in [1.54, 1.807) is 0 Å². The fourth-order valence-corrected chi connectivity index (χ4v) is 4.42. The molecule has 1 aliphatic heterocycles. The second kappa shape index (κ2) is 9.83. The van der Waals surface area contributed by atoms with Crippen LogP contribution in [0.25, 0.3) is 0 Å². The lowest BCUT2D eigenvalue weighted by molar-refractivity contribution is -0.137. The highest BCUT2D eigenvalue weighted by molar-refractivity contribution is 7.09. The summed E-state index contributed by atoms with van der Waals surface area (Å²) in [6.07, 6.45) is -0.690. The summed E-state index contributed by atoms with van der Waals surface area (Å²) < 4.78 is 47.8. The van der Waals surface area contributed by atoms with Crippen LogP contribution >= 0.6 is 11.3 Å². The Labute approximate surface area is 202 Å². The van der Waals surface area contributed by atoms with E-state index in [4.69, 9.17) is 4.74 Å². The molecule has 0 aliphatic carbocycles. The molecule has 2 N–H and O–H groups in total. The van der Waals surface area contributed by atoms with E-state index < -0.39 is 17.6 Å². The van der Waals surface area contributed by atoms with Gasteiger partial charge < -0.3 is 14.7 Å². The summed E-state index contributed by atoms with van der Waals surface area (Å²) >= 11 is 1.37. The van der Waals surface area contributed by atoms with Crippen LogP contribution in [-0.4, -0.2) is 28.7 Å². The molecule has 0 radical (unpaired) electrons. The van der Waals surface area contributed by atoms with Crippen molar-refractivity contribution in [2.24, 2.45) is 4.99 Å². The first-order chi connectivity index (χ1) is 15.6. The summed E-state index contributed by atoms with van der Waals surface area (Å²) in [6.45, 7) is 13.1. The van der Waals surface area contributed by atoms with Crippen LogP contribution in [0.15, 0.2) is 29.4 Å². The molecule has 1 aromatic carbocycles. The third-order valence-electron chi connectivity index (χ3n) is 5.23. The number of benzene rings is 1. The first-order valence-corrected chi connectivity index (χ1v) is 12.1. The van der Waals surface area contributed by atoms with Crippen LogP contribution in [0.3, 0.4) is 0 Å². The third-order valence-corrected chi connectivity index (χ3v) is 6.68. The zero-order chi connectivity index (χ0) is 25.3. The molecule has 1 fully saturated rings. The van der Waals surface area contributed by atoms with Crippen LogP contribution < -0.4 is 15.7 Å². The highest BCUT2D eigenvalue weighted by Crippen LogP contribution is 2.32. The summed E-state index contributed by atoms with van der Waals surface area (Å²) in [7, 11) is 0. The number of hydrogen-bond acceptors (Lipinski definition) is 5. The SMILES string of the molecule is CC(C)(C)NNc1ccc(C(F)(F)F)cc1C(=O)/N=c1\sc(C(C)(C)C)cn1C[C@H]1CCCO1. The third kappa shape index (κ3) is 6.93. The molecular weight excluding hydrogens is 465 g/mol. The maximum Gasteiger partial charge on any atom is 0.416 e. The van der Waals surface area contributed by atoms with E-state index in [-0.39, 0.29) is 28.3 Å². The second-order valence-corrected chi connectivity index (χ2v) is 11.6. The summed E-state index contributed by atoms with van der Waals surface area (Å²) in [5.74, 6) is -0.743. The van der Waals surface area contributed by atoms with Gasteiger partial charge in [-0.15, -0.1) is 11.3 Å². The van der Waals surface area contributed by atoms with E-state index in [0.717, 1.165) is 29.9 Å². The molecule has 1 aromatic heterocycles. The van der Waals surface area contributed by atoms with Crippen LogP contribution in [-0.2, 0) is 22.9 Å². The number of anilines is 1. The Morgan fingerprint density at radius 2 is 1.91 bits per heavy atom. The van der Waals surface area contributed by atoms with Crippen molar-refractivity contribution in [1.82, 2.24) is 9.99 Å². The van der Waals surface area contributed by atoms with Crippen LogP contribution in [0.2, 0.25) is 0 Å². The number of ether oxygens (including phenoxy) is 1. The largest absolute Gasteiger partial charge is 0.416 e. The standard InChI is InChI=1S/C24H33F3N4O2S/c1-22(2,3)19-14-31(13-16-8-7-11-33-16)21(34-19)28-20(32)17-12-15(24(25,26)27)9-10-18(17)29-30-23(4,5)6/h9-10,12,14,16,29-30H,7-8,11,13H2,1-6H3/b28-21-/t16-/m1/s1. The van der Waals surface area contributed by atoms with Crippen LogP contribution in [0.4, 0.5) is 18.9 Å². The molecule has 34 heavy (non-hydrogen) atoms. The number of nitrogens with zero attached hydrogens (tertiary/aromatic N) is 2. The van der Waals surface area contributed by atoms with Gasteiger partial charge in [0.15, 0.2) is 4.80 Å². The topological polar surface area (TPSA) is 67.6 Å². The molecule has 6 nitrogen and oxygen atoms in total. The van der Waals surface area contributed by atoms with Crippen molar-refractivity contribution in [3.05, 3.63) is 45.2 Å². The molecule has 188 valence electrons. The molecule has 1 saturated heterocycles. The van der Waals surface area contributed by atoms with Crippen molar-refractivity contribution in [3.63, 3.8) is 0 Å². The van der Waals surface area contributed by atoms with E-state index in [2.05, 4.69) is 36.6 Å². The fraction of sp³-hybridized carbons (Fsp3) is 0.583. The Morgan fingerprint density at radius 3 is 2.47 bits per heavy atom. The number of rotatable bonds is 5. The van der Waals surface area contributed by atoms with Crippen molar-refractivity contribution in [2.45, 2.75) is 84.2 Å². The molecule has 0 saturated carbocycles.